The number of H-pyrrole nitrogens is 1. The van der Waals surface area contributed by atoms with E-state index in [-0.39, 0.29) is 22.9 Å². The van der Waals surface area contributed by atoms with Crippen molar-refractivity contribution < 1.29 is 9.66 Å². The molecule has 1 aromatic heterocycles. The van der Waals surface area contributed by atoms with Crippen molar-refractivity contribution in [1.82, 2.24) is 10.2 Å². The second kappa shape index (κ2) is 5.70. The number of hydrogen-bond donors (Lipinski definition) is 2. The van der Waals surface area contributed by atoms with E-state index in [1.54, 1.807) is 12.1 Å². The Morgan fingerprint density at radius 1 is 1.44 bits per heavy atom. The molecule has 1 aliphatic heterocycles. The zero-order valence-corrected chi connectivity index (χ0v) is 14.0. The van der Waals surface area contributed by atoms with Gasteiger partial charge in [-0.3, -0.25) is 20.6 Å². The molecular weight excluding hydrogens is 322 g/mol. The van der Waals surface area contributed by atoms with Crippen molar-refractivity contribution in [3.05, 3.63) is 51.2 Å². The molecule has 128 valence electrons. The molecule has 1 aliphatic rings. The van der Waals surface area contributed by atoms with Crippen LogP contribution in [-0.2, 0) is 5.41 Å². The molecule has 0 radical (unpaired) electrons. The number of nitro groups is 1. The molecule has 3 rings (SSSR count). The molecule has 0 saturated heterocycles. The van der Waals surface area contributed by atoms with Gasteiger partial charge in [0.1, 0.15) is 5.92 Å². The van der Waals surface area contributed by atoms with E-state index in [0.717, 1.165) is 5.69 Å². The van der Waals surface area contributed by atoms with Gasteiger partial charge in [0, 0.05) is 34.7 Å². The van der Waals surface area contributed by atoms with Gasteiger partial charge < -0.3 is 4.74 Å². The normalized spacial score (nSPS) is 19.7. The third-order valence-electron chi connectivity index (χ3n) is 4.23. The molecule has 2 N–H and O–H groups in total. The number of nitrogens with one attached hydrogen (secondary N) is 2. The second-order valence-electron chi connectivity index (χ2n) is 6.97. The largest absolute Gasteiger partial charge is 0.422 e. The van der Waals surface area contributed by atoms with Gasteiger partial charge in [0.25, 0.3) is 5.69 Å². The summed E-state index contributed by atoms with van der Waals surface area (Å²) < 4.78 is 5.43. The predicted molar refractivity (Wildman–Crippen MR) is 89.7 cm³/mol. The van der Waals surface area contributed by atoms with Crippen molar-refractivity contribution >= 4 is 11.6 Å². The van der Waals surface area contributed by atoms with Crippen molar-refractivity contribution in [2.24, 2.45) is 5.92 Å². The molecule has 0 amide bonds. The molecule has 1 aromatic carbocycles. The first-order valence-corrected chi connectivity index (χ1v) is 7.73. The Morgan fingerprint density at radius 2 is 2.16 bits per heavy atom. The van der Waals surface area contributed by atoms with Crippen LogP contribution >= 0.6 is 0 Å². The third kappa shape index (κ3) is 2.74. The van der Waals surface area contributed by atoms with Crippen LogP contribution in [0.5, 0.6) is 5.88 Å². The molecule has 2 atom stereocenters. The fourth-order valence-electron chi connectivity index (χ4n) is 3.08. The minimum atomic E-state index is -0.881. The van der Waals surface area contributed by atoms with Gasteiger partial charge in [-0.05, 0) is 5.56 Å². The predicted octanol–water partition coefficient (Wildman–Crippen LogP) is 3.26. The number of benzene rings is 1. The first-order valence-electron chi connectivity index (χ1n) is 7.73. The Labute approximate surface area is 144 Å². The Bertz CT molecular complexity index is 904. The molecule has 8 heteroatoms. The standard InChI is InChI=1S/C17H17N5O3/c1-17(2,3)14-13-12(9-5-4-6-10(7-9)22(23)24)11(8-18)15(19)25-16(13)21-20-14/h4-7,11-12,19H,1-3H3,(H,20,21). The summed E-state index contributed by atoms with van der Waals surface area (Å²) in [7, 11) is 0. The number of nitriles is 1. The van der Waals surface area contributed by atoms with E-state index < -0.39 is 16.8 Å². The number of rotatable bonds is 2. The topological polar surface area (TPSA) is 129 Å². The average molecular weight is 339 g/mol. The van der Waals surface area contributed by atoms with Crippen molar-refractivity contribution in [3.63, 3.8) is 0 Å². The lowest BCUT2D eigenvalue weighted by atomic mass is 9.76. The zero-order chi connectivity index (χ0) is 18.4. The smallest absolute Gasteiger partial charge is 0.269 e. The summed E-state index contributed by atoms with van der Waals surface area (Å²) in [4.78, 5) is 10.7. The SMILES string of the molecule is CC(C)(C)c1[nH]nc2c1C(c1cccc([N+](=O)[O-])c1)C(C#N)C(=N)O2. The average Bonchev–Trinajstić information content (AvgIpc) is 2.97. The van der Waals surface area contributed by atoms with Crippen LogP contribution in [0.25, 0.3) is 0 Å². The third-order valence-corrected chi connectivity index (χ3v) is 4.23. The van der Waals surface area contributed by atoms with E-state index in [0.29, 0.717) is 11.1 Å². The fraction of sp³-hybridized carbons (Fsp3) is 0.353. The van der Waals surface area contributed by atoms with E-state index in [1.807, 2.05) is 20.8 Å². The lowest BCUT2D eigenvalue weighted by Crippen LogP contribution is -2.32. The maximum Gasteiger partial charge on any atom is 0.269 e. The van der Waals surface area contributed by atoms with Gasteiger partial charge in [0.15, 0.2) is 0 Å². The van der Waals surface area contributed by atoms with Gasteiger partial charge in [-0.15, -0.1) is 5.10 Å². The second-order valence-corrected chi connectivity index (χ2v) is 6.97. The summed E-state index contributed by atoms with van der Waals surface area (Å²) in [5.41, 5.74) is 1.68. The van der Waals surface area contributed by atoms with Crippen molar-refractivity contribution in [3.8, 4) is 11.9 Å². The molecule has 0 saturated carbocycles. The summed E-state index contributed by atoms with van der Waals surface area (Å²) in [5, 5.41) is 35.8. The molecule has 8 nitrogen and oxygen atoms in total. The number of ether oxygens (including phenoxy) is 1. The molecular formula is C17H17N5O3. The fourth-order valence-corrected chi connectivity index (χ4v) is 3.08. The van der Waals surface area contributed by atoms with Crippen molar-refractivity contribution in [2.45, 2.75) is 32.1 Å². The van der Waals surface area contributed by atoms with Gasteiger partial charge in [0.2, 0.25) is 11.8 Å². The summed E-state index contributed by atoms with van der Waals surface area (Å²) in [6, 6.07) is 8.25. The van der Waals surface area contributed by atoms with Crippen LogP contribution in [0.1, 0.15) is 43.5 Å². The van der Waals surface area contributed by atoms with Gasteiger partial charge in [0.05, 0.1) is 11.0 Å². The number of aromatic nitrogens is 2. The Balaban J connectivity index is 2.25. The summed E-state index contributed by atoms with van der Waals surface area (Å²) in [5.74, 6) is -1.40. The highest BCUT2D eigenvalue weighted by atomic mass is 16.6. The van der Waals surface area contributed by atoms with E-state index in [9.17, 15) is 15.4 Å². The van der Waals surface area contributed by atoms with Crippen LogP contribution in [0, 0.1) is 32.8 Å². The van der Waals surface area contributed by atoms with Crippen LogP contribution in [0.3, 0.4) is 0 Å². The number of non-ortho nitro benzene ring substituents is 1. The first-order chi connectivity index (χ1) is 11.7. The molecule has 2 heterocycles. The van der Waals surface area contributed by atoms with Gasteiger partial charge >= 0.3 is 0 Å². The van der Waals surface area contributed by atoms with Crippen LogP contribution < -0.4 is 4.74 Å². The highest BCUT2D eigenvalue weighted by molar-refractivity contribution is 5.85. The summed E-state index contributed by atoms with van der Waals surface area (Å²) >= 11 is 0. The number of hydrogen-bond acceptors (Lipinski definition) is 6. The van der Waals surface area contributed by atoms with Crippen LogP contribution in [0.4, 0.5) is 5.69 Å². The molecule has 0 bridgehead atoms. The van der Waals surface area contributed by atoms with Gasteiger partial charge in [-0.2, -0.15) is 5.26 Å². The highest BCUT2D eigenvalue weighted by Crippen LogP contribution is 2.45. The van der Waals surface area contributed by atoms with Gasteiger partial charge in [-0.25, -0.2) is 0 Å². The van der Waals surface area contributed by atoms with E-state index >= 15 is 0 Å². The maximum absolute atomic E-state index is 11.1. The molecule has 25 heavy (non-hydrogen) atoms. The lowest BCUT2D eigenvalue weighted by Gasteiger charge is -2.30. The van der Waals surface area contributed by atoms with E-state index in [4.69, 9.17) is 10.1 Å². The number of nitrogens with zero attached hydrogens (tertiary/aromatic N) is 3. The zero-order valence-electron chi connectivity index (χ0n) is 14.0. The molecule has 0 aliphatic carbocycles. The molecule has 2 unspecified atom stereocenters. The van der Waals surface area contributed by atoms with E-state index in [1.165, 1.54) is 12.1 Å². The minimum Gasteiger partial charge on any atom is -0.422 e. The number of nitro benzene ring substituents is 1. The Kier molecular flexibility index (Phi) is 3.80. The van der Waals surface area contributed by atoms with Crippen molar-refractivity contribution in [2.75, 3.05) is 0 Å². The highest BCUT2D eigenvalue weighted by Gasteiger charge is 2.42. The molecule has 2 aromatic rings. The van der Waals surface area contributed by atoms with Crippen molar-refractivity contribution in [1.29, 1.82) is 10.7 Å². The molecule has 0 spiro atoms. The number of aromatic amines is 1. The van der Waals surface area contributed by atoms with Crippen LogP contribution in [0.2, 0.25) is 0 Å². The first kappa shape index (κ1) is 16.6. The van der Waals surface area contributed by atoms with E-state index in [2.05, 4.69) is 16.3 Å². The lowest BCUT2D eigenvalue weighted by molar-refractivity contribution is -0.384. The Hall–Kier alpha value is -3.21. The monoisotopic (exact) mass is 339 g/mol. The molecule has 0 fully saturated rings. The van der Waals surface area contributed by atoms with Crippen LogP contribution in [-0.4, -0.2) is 21.0 Å². The Morgan fingerprint density at radius 3 is 2.76 bits per heavy atom. The maximum atomic E-state index is 11.1. The summed E-state index contributed by atoms with van der Waals surface area (Å²) in [6.07, 6.45) is 0. The number of fused-ring (bicyclic) bond motifs is 1. The van der Waals surface area contributed by atoms with Crippen LogP contribution in [0.15, 0.2) is 24.3 Å². The van der Waals surface area contributed by atoms with Gasteiger partial charge in [-0.1, -0.05) is 32.9 Å². The minimum absolute atomic E-state index is 0.0606. The quantitative estimate of drug-likeness (QED) is 0.641. The summed E-state index contributed by atoms with van der Waals surface area (Å²) in [6.45, 7) is 5.98.